The van der Waals surface area contributed by atoms with Crippen LogP contribution in [0.3, 0.4) is 0 Å². The summed E-state index contributed by atoms with van der Waals surface area (Å²) in [5, 5.41) is 8.69. The number of amides is 1. The molecule has 1 fully saturated rings. The fraction of sp³-hybridized carbons (Fsp3) is 0.800. The average molecular weight is 215 g/mol. The van der Waals surface area contributed by atoms with Gasteiger partial charge in [0.05, 0.1) is 0 Å². The smallest absolute Gasteiger partial charge is 0.323 e. The summed E-state index contributed by atoms with van der Waals surface area (Å²) in [5.41, 5.74) is 0. The van der Waals surface area contributed by atoms with Crippen LogP contribution >= 0.6 is 0 Å². The summed E-state index contributed by atoms with van der Waals surface area (Å²) in [7, 11) is 0. The molecule has 1 N–H and O–H groups in total. The molecule has 1 amide bonds. The van der Waals surface area contributed by atoms with E-state index in [1.807, 2.05) is 0 Å². The second kappa shape index (κ2) is 5.11. The second-order valence-corrected chi connectivity index (χ2v) is 3.96. The van der Waals surface area contributed by atoms with Crippen molar-refractivity contribution in [3.05, 3.63) is 0 Å². The molecule has 0 aliphatic carbocycles. The van der Waals surface area contributed by atoms with Gasteiger partial charge in [0.15, 0.2) is 0 Å². The zero-order valence-electron chi connectivity index (χ0n) is 9.10. The summed E-state index contributed by atoms with van der Waals surface area (Å²) >= 11 is 0. The van der Waals surface area contributed by atoms with E-state index in [1.165, 1.54) is 4.90 Å². The van der Waals surface area contributed by atoms with Gasteiger partial charge in [0.2, 0.25) is 0 Å². The largest absolute Gasteiger partial charge is 0.480 e. The number of carboxylic acid groups (broad SMARTS) is 1. The van der Waals surface area contributed by atoms with E-state index in [9.17, 15) is 9.59 Å². The minimum atomic E-state index is -0.991. The van der Waals surface area contributed by atoms with Crippen molar-refractivity contribution in [2.75, 3.05) is 13.2 Å². The van der Waals surface area contributed by atoms with Crippen LogP contribution in [0.5, 0.6) is 0 Å². The van der Waals surface area contributed by atoms with Crippen LogP contribution in [0.1, 0.15) is 26.7 Å². The van der Waals surface area contributed by atoms with E-state index < -0.39 is 12.1 Å². The first-order valence-electron chi connectivity index (χ1n) is 5.16. The lowest BCUT2D eigenvalue weighted by Gasteiger charge is -2.27. The third-order valence-electron chi connectivity index (χ3n) is 2.42. The van der Waals surface area contributed by atoms with E-state index >= 15 is 0 Å². The molecule has 86 valence electrons. The molecule has 5 nitrogen and oxygen atoms in total. The van der Waals surface area contributed by atoms with E-state index in [-0.39, 0.29) is 18.5 Å². The van der Waals surface area contributed by atoms with Gasteiger partial charge in [0, 0.05) is 12.6 Å². The molecule has 1 saturated heterocycles. The zero-order chi connectivity index (χ0) is 11.4. The molecule has 1 atom stereocenters. The molecule has 0 aromatic carbocycles. The molecule has 0 bridgehead atoms. The van der Waals surface area contributed by atoms with Crippen LogP contribution in [0.15, 0.2) is 0 Å². The van der Waals surface area contributed by atoms with Crippen molar-refractivity contribution in [2.24, 2.45) is 0 Å². The first kappa shape index (κ1) is 12.0. The maximum atomic E-state index is 11.9. The van der Waals surface area contributed by atoms with Crippen LogP contribution in [0, 0.1) is 0 Å². The molecule has 0 radical (unpaired) electrons. The Kier molecular flexibility index (Phi) is 4.08. The Hall–Kier alpha value is -1.10. The predicted octanol–water partition coefficient (Wildman–Crippen LogP) is 0.487. The molecule has 1 aliphatic heterocycles. The molecule has 15 heavy (non-hydrogen) atoms. The first-order valence-corrected chi connectivity index (χ1v) is 5.16. The van der Waals surface area contributed by atoms with Crippen molar-refractivity contribution in [1.82, 2.24) is 4.90 Å². The molecule has 1 aliphatic rings. The molecule has 5 heteroatoms. The average Bonchev–Trinajstić information content (AvgIpc) is 2.65. The van der Waals surface area contributed by atoms with Gasteiger partial charge < -0.3 is 14.7 Å². The third-order valence-corrected chi connectivity index (χ3v) is 2.42. The van der Waals surface area contributed by atoms with Crippen LogP contribution < -0.4 is 0 Å². The first-order chi connectivity index (χ1) is 7.02. The highest BCUT2D eigenvalue weighted by atomic mass is 16.5. The lowest BCUT2D eigenvalue weighted by Crippen LogP contribution is -2.45. The summed E-state index contributed by atoms with van der Waals surface area (Å²) in [6, 6.07) is -0.113. The van der Waals surface area contributed by atoms with Gasteiger partial charge in [0.1, 0.15) is 12.6 Å². The van der Waals surface area contributed by atoms with Crippen LogP contribution in [0.4, 0.5) is 0 Å². The summed E-state index contributed by atoms with van der Waals surface area (Å²) in [5.74, 6) is -1.19. The zero-order valence-corrected chi connectivity index (χ0v) is 9.10. The lowest BCUT2D eigenvalue weighted by atomic mass is 10.2. The number of ether oxygens (including phenoxy) is 1. The predicted molar refractivity (Wildman–Crippen MR) is 53.5 cm³/mol. The molecule has 1 rings (SSSR count). The quantitative estimate of drug-likeness (QED) is 0.741. The van der Waals surface area contributed by atoms with Crippen LogP contribution in [-0.2, 0) is 14.3 Å². The van der Waals surface area contributed by atoms with E-state index in [0.717, 1.165) is 6.42 Å². The fourth-order valence-electron chi connectivity index (χ4n) is 1.62. The van der Waals surface area contributed by atoms with Gasteiger partial charge in [-0.1, -0.05) is 0 Å². The molecule has 0 saturated carbocycles. The van der Waals surface area contributed by atoms with Crippen molar-refractivity contribution in [2.45, 2.75) is 38.8 Å². The molecule has 0 spiro atoms. The van der Waals surface area contributed by atoms with Gasteiger partial charge in [-0.05, 0) is 26.7 Å². The fourth-order valence-corrected chi connectivity index (χ4v) is 1.62. The summed E-state index contributed by atoms with van der Waals surface area (Å²) in [4.78, 5) is 23.8. The molecule has 0 unspecified atom stereocenters. The second-order valence-electron chi connectivity index (χ2n) is 3.96. The van der Waals surface area contributed by atoms with Crippen molar-refractivity contribution in [3.63, 3.8) is 0 Å². The Labute approximate surface area is 89.0 Å². The minimum Gasteiger partial charge on any atom is -0.480 e. The number of carbonyl (C=O) groups is 2. The number of carbonyl (C=O) groups excluding carboxylic acids is 1. The van der Waals surface area contributed by atoms with Gasteiger partial charge in [-0.25, -0.2) is 0 Å². The van der Waals surface area contributed by atoms with Crippen LogP contribution in [0.2, 0.25) is 0 Å². The summed E-state index contributed by atoms with van der Waals surface area (Å²) < 4.78 is 5.24. The highest BCUT2D eigenvalue weighted by Gasteiger charge is 2.30. The lowest BCUT2D eigenvalue weighted by molar-refractivity contribution is -0.150. The van der Waals surface area contributed by atoms with E-state index in [4.69, 9.17) is 9.84 Å². The van der Waals surface area contributed by atoms with Gasteiger partial charge in [-0.3, -0.25) is 9.59 Å². The van der Waals surface area contributed by atoms with E-state index in [0.29, 0.717) is 13.0 Å². The number of nitrogens with zero attached hydrogens (tertiary/aromatic N) is 1. The van der Waals surface area contributed by atoms with Crippen LogP contribution in [-0.4, -0.2) is 47.2 Å². The van der Waals surface area contributed by atoms with Crippen molar-refractivity contribution in [3.8, 4) is 0 Å². The molecule has 0 aromatic heterocycles. The molecular weight excluding hydrogens is 198 g/mol. The standard InChI is InChI=1S/C10H17NO4/c1-7(2)11(6-9(12)13)10(14)8-4-3-5-15-8/h7-8H,3-6H2,1-2H3,(H,12,13)/t8-/m0/s1. The van der Waals surface area contributed by atoms with Crippen molar-refractivity contribution in [1.29, 1.82) is 0 Å². The third kappa shape index (κ3) is 3.20. The van der Waals surface area contributed by atoms with E-state index in [2.05, 4.69) is 0 Å². The molecular formula is C10H17NO4. The number of carboxylic acids is 1. The minimum absolute atomic E-state index is 0.113. The van der Waals surface area contributed by atoms with Gasteiger partial charge in [-0.2, -0.15) is 0 Å². The van der Waals surface area contributed by atoms with Crippen LogP contribution in [0.25, 0.3) is 0 Å². The summed E-state index contributed by atoms with van der Waals surface area (Å²) in [6.45, 7) is 3.94. The number of rotatable bonds is 4. The monoisotopic (exact) mass is 215 g/mol. The van der Waals surface area contributed by atoms with Gasteiger partial charge in [0.25, 0.3) is 5.91 Å². The van der Waals surface area contributed by atoms with E-state index in [1.54, 1.807) is 13.8 Å². The number of hydrogen-bond donors (Lipinski definition) is 1. The Morgan fingerprint density at radius 3 is 2.60 bits per heavy atom. The Morgan fingerprint density at radius 1 is 1.53 bits per heavy atom. The molecule has 1 heterocycles. The summed E-state index contributed by atoms with van der Waals surface area (Å²) in [6.07, 6.45) is 1.13. The van der Waals surface area contributed by atoms with Gasteiger partial charge >= 0.3 is 5.97 Å². The maximum Gasteiger partial charge on any atom is 0.323 e. The Morgan fingerprint density at radius 2 is 2.20 bits per heavy atom. The SMILES string of the molecule is CC(C)N(CC(=O)O)C(=O)[C@@H]1CCCO1. The van der Waals surface area contributed by atoms with Crippen molar-refractivity contribution >= 4 is 11.9 Å². The Bertz CT molecular complexity index is 246. The van der Waals surface area contributed by atoms with Crippen molar-refractivity contribution < 1.29 is 19.4 Å². The number of aliphatic carboxylic acids is 1. The molecule has 0 aromatic rings. The normalized spacial score (nSPS) is 20.6. The maximum absolute atomic E-state index is 11.9. The highest BCUT2D eigenvalue weighted by molar-refractivity contribution is 5.85. The topological polar surface area (TPSA) is 66.8 Å². The highest BCUT2D eigenvalue weighted by Crippen LogP contribution is 2.15. The Balaban J connectivity index is 2.61. The van der Waals surface area contributed by atoms with Gasteiger partial charge in [-0.15, -0.1) is 0 Å². The number of hydrogen-bond acceptors (Lipinski definition) is 3.